The Hall–Kier alpha value is -1.92. The van der Waals surface area contributed by atoms with Crippen molar-refractivity contribution in [2.45, 2.75) is 18.2 Å². The van der Waals surface area contributed by atoms with Crippen LogP contribution in [0.25, 0.3) is 0 Å². The first-order valence-corrected chi connectivity index (χ1v) is 7.14. The molecule has 3 saturated heterocycles. The molecule has 3 aliphatic heterocycles. The van der Waals surface area contributed by atoms with E-state index in [2.05, 4.69) is 0 Å². The van der Waals surface area contributed by atoms with Crippen molar-refractivity contribution in [2.75, 3.05) is 26.3 Å². The molecule has 0 saturated carbocycles. The molecular weight excluding hydrogens is 272 g/mol. The van der Waals surface area contributed by atoms with Gasteiger partial charge in [0.2, 0.25) is 0 Å². The highest BCUT2D eigenvalue weighted by Gasteiger charge is 2.49. The fourth-order valence-corrected chi connectivity index (χ4v) is 2.72. The lowest BCUT2D eigenvalue weighted by molar-refractivity contribution is -0.128. The second-order valence-corrected chi connectivity index (χ2v) is 5.61. The monoisotopic (exact) mass is 288 g/mol. The van der Waals surface area contributed by atoms with E-state index in [-0.39, 0.29) is 24.1 Å². The minimum absolute atomic E-state index is 0.00597. The lowest BCUT2D eigenvalue weighted by atomic mass is 10.1. The summed E-state index contributed by atoms with van der Waals surface area (Å²) in [4.78, 5) is 28.1. The van der Waals surface area contributed by atoms with Crippen molar-refractivity contribution < 1.29 is 19.1 Å². The zero-order chi connectivity index (χ0) is 14.4. The smallest absolute Gasteiger partial charge is 0.327 e. The van der Waals surface area contributed by atoms with Crippen LogP contribution in [0.15, 0.2) is 30.3 Å². The second kappa shape index (κ2) is 4.82. The van der Waals surface area contributed by atoms with E-state index < -0.39 is 6.04 Å². The van der Waals surface area contributed by atoms with Gasteiger partial charge in [-0.3, -0.25) is 9.69 Å². The van der Waals surface area contributed by atoms with Gasteiger partial charge in [0.1, 0.15) is 6.04 Å². The molecule has 0 bridgehead atoms. The molecule has 110 valence electrons. The molecular formula is C15H16N2O4. The van der Waals surface area contributed by atoms with Gasteiger partial charge in [-0.15, -0.1) is 0 Å². The van der Waals surface area contributed by atoms with Crippen molar-refractivity contribution in [2.24, 2.45) is 0 Å². The number of benzene rings is 1. The molecule has 3 atom stereocenters. The van der Waals surface area contributed by atoms with E-state index in [9.17, 15) is 9.59 Å². The number of nitrogens with zero attached hydrogens (tertiary/aromatic N) is 2. The number of rotatable bonds is 5. The van der Waals surface area contributed by atoms with Gasteiger partial charge in [0.05, 0.1) is 38.5 Å². The number of epoxide rings is 2. The normalized spacial score (nSPS) is 31.0. The summed E-state index contributed by atoms with van der Waals surface area (Å²) in [5.74, 6) is -0.164. The quantitative estimate of drug-likeness (QED) is 0.593. The van der Waals surface area contributed by atoms with E-state index >= 15 is 0 Å². The van der Waals surface area contributed by atoms with Gasteiger partial charge in [0.25, 0.3) is 5.91 Å². The van der Waals surface area contributed by atoms with E-state index in [1.54, 1.807) is 4.90 Å². The summed E-state index contributed by atoms with van der Waals surface area (Å²) in [5, 5.41) is 0. The molecule has 4 rings (SSSR count). The molecule has 0 aromatic heterocycles. The van der Waals surface area contributed by atoms with Crippen LogP contribution in [0.4, 0.5) is 4.79 Å². The standard InChI is InChI=1S/C15H16N2O4/c18-14-13(10-4-2-1-3-5-10)16(6-11-8-20-11)15(19)17(14)7-12-9-21-12/h1-5,11-13H,6-9H2. The van der Waals surface area contributed by atoms with Crippen molar-refractivity contribution in [3.8, 4) is 0 Å². The van der Waals surface area contributed by atoms with Gasteiger partial charge >= 0.3 is 6.03 Å². The van der Waals surface area contributed by atoms with Crippen molar-refractivity contribution in [1.29, 1.82) is 0 Å². The van der Waals surface area contributed by atoms with Gasteiger partial charge in [0.15, 0.2) is 0 Å². The minimum atomic E-state index is -0.540. The lowest BCUT2D eigenvalue weighted by Crippen LogP contribution is -2.37. The van der Waals surface area contributed by atoms with Crippen molar-refractivity contribution in [3.63, 3.8) is 0 Å². The van der Waals surface area contributed by atoms with Crippen LogP contribution in [0.1, 0.15) is 11.6 Å². The third kappa shape index (κ3) is 2.41. The highest BCUT2D eigenvalue weighted by atomic mass is 16.6. The molecule has 0 spiro atoms. The van der Waals surface area contributed by atoms with E-state index in [1.165, 1.54) is 4.90 Å². The highest BCUT2D eigenvalue weighted by molar-refractivity contribution is 6.04. The summed E-state index contributed by atoms with van der Waals surface area (Å²) in [6.07, 6.45) is 0.0662. The van der Waals surface area contributed by atoms with Crippen LogP contribution in [0.5, 0.6) is 0 Å². The number of imide groups is 1. The predicted octanol–water partition coefficient (Wildman–Crippen LogP) is 0.790. The summed E-state index contributed by atoms with van der Waals surface area (Å²) in [6, 6.07) is 8.65. The average Bonchev–Trinajstić information content (AvgIpc) is 3.38. The molecule has 0 N–H and O–H groups in total. The average molecular weight is 288 g/mol. The molecule has 3 amide bonds. The Kier molecular flexibility index (Phi) is 2.94. The Morgan fingerprint density at radius 1 is 1.00 bits per heavy atom. The summed E-state index contributed by atoms with van der Waals surface area (Å²) < 4.78 is 10.4. The van der Waals surface area contributed by atoms with E-state index in [0.717, 1.165) is 5.56 Å². The van der Waals surface area contributed by atoms with Crippen LogP contribution in [0, 0.1) is 0 Å². The molecule has 0 aliphatic carbocycles. The molecule has 1 aromatic rings. The first-order valence-electron chi connectivity index (χ1n) is 7.14. The number of carbonyl (C=O) groups is 2. The van der Waals surface area contributed by atoms with Gasteiger partial charge in [-0.2, -0.15) is 0 Å². The number of hydrogen-bond donors (Lipinski definition) is 0. The topological polar surface area (TPSA) is 65.7 Å². The molecule has 0 radical (unpaired) electrons. The molecule has 1 aromatic carbocycles. The number of hydrogen-bond acceptors (Lipinski definition) is 4. The van der Waals surface area contributed by atoms with Crippen LogP contribution < -0.4 is 0 Å². The number of urea groups is 1. The molecule has 3 unspecified atom stereocenters. The molecule has 6 heteroatoms. The van der Waals surface area contributed by atoms with E-state index in [0.29, 0.717) is 26.3 Å². The van der Waals surface area contributed by atoms with Crippen molar-refractivity contribution in [3.05, 3.63) is 35.9 Å². The van der Waals surface area contributed by atoms with Gasteiger partial charge in [-0.1, -0.05) is 30.3 Å². The predicted molar refractivity (Wildman–Crippen MR) is 72.5 cm³/mol. The van der Waals surface area contributed by atoms with E-state index in [1.807, 2.05) is 30.3 Å². The van der Waals surface area contributed by atoms with Crippen LogP contribution >= 0.6 is 0 Å². The Bertz CT molecular complexity index is 568. The molecule has 21 heavy (non-hydrogen) atoms. The zero-order valence-corrected chi connectivity index (χ0v) is 11.5. The van der Waals surface area contributed by atoms with Crippen LogP contribution in [0.2, 0.25) is 0 Å². The van der Waals surface area contributed by atoms with Crippen LogP contribution in [-0.4, -0.2) is 60.2 Å². The fraction of sp³-hybridized carbons (Fsp3) is 0.467. The molecule has 3 heterocycles. The number of amides is 3. The Morgan fingerprint density at radius 3 is 2.24 bits per heavy atom. The maximum absolute atomic E-state index is 12.7. The Balaban J connectivity index is 1.63. The zero-order valence-electron chi connectivity index (χ0n) is 11.5. The van der Waals surface area contributed by atoms with Crippen molar-refractivity contribution in [1.82, 2.24) is 9.80 Å². The summed E-state index contributed by atoms with van der Waals surface area (Å²) in [5.41, 5.74) is 0.843. The highest BCUT2D eigenvalue weighted by Crippen LogP contribution is 2.33. The number of ether oxygens (including phenoxy) is 2. The maximum atomic E-state index is 12.7. The summed E-state index contributed by atoms with van der Waals surface area (Å²) >= 11 is 0. The molecule has 6 nitrogen and oxygen atoms in total. The van der Waals surface area contributed by atoms with Gasteiger partial charge in [0, 0.05) is 0 Å². The largest absolute Gasteiger partial charge is 0.371 e. The summed E-state index contributed by atoms with van der Waals surface area (Å²) in [6.45, 7) is 2.10. The Morgan fingerprint density at radius 2 is 1.62 bits per heavy atom. The molecule has 3 fully saturated rings. The van der Waals surface area contributed by atoms with Gasteiger partial charge in [-0.25, -0.2) is 4.79 Å². The van der Waals surface area contributed by atoms with Gasteiger partial charge in [-0.05, 0) is 5.56 Å². The molecule has 3 aliphatic rings. The Labute approximate surface area is 122 Å². The first kappa shape index (κ1) is 12.8. The van der Waals surface area contributed by atoms with Crippen molar-refractivity contribution >= 4 is 11.9 Å². The third-order valence-corrected chi connectivity index (χ3v) is 3.99. The van der Waals surface area contributed by atoms with Crippen LogP contribution in [-0.2, 0) is 14.3 Å². The van der Waals surface area contributed by atoms with E-state index in [4.69, 9.17) is 9.47 Å². The maximum Gasteiger partial charge on any atom is 0.327 e. The second-order valence-electron chi connectivity index (χ2n) is 5.61. The first-order chi connectivity index (χ1) is 10.2. The SMILES string of the molecule is O=C1C(c2ccccc2)N(CC2CO2)C(=O)N1CC1CO1. The van der Waals surface area contributed by atoms with Crippen LogP contribution in [0.3, 0.4) is 0 Å². The summed E-state index contributed by atoms with van der Waals surface area (Å²) in [7, 11) is 0. The van der Waals surface area contributed by atoms with Gasteiger partial charge < -0.3 is 14.4 Å². The third-order valence-electron chi connectivity index (χ3n) is 3.99. The minimum Gasteiger partial charge on any atom is -0.371 e. The number of carbonyl (C=O) groups excluding carboxylic acids is 2. The fourth-order valence-electron chi connectivity index (χ4n) is 2.72. The lowest BCUT2D eigenvalue weighted by Gasteiger charge is -2.21.